The van der Waals surface area contributed by atoms with Gasteiger partial charge in [-0.05, 0) is 29.7 Å². The summed E-state index contributed by atoms with van der Waals surface area (Å²) in [6, 6.07) is 16.3. The third-order valence-corrected chi connectivity index (χ3v) is 3.68. The van der Waals surface area contributed by atoms with Crippen molar-refractivity contribution in [2.45, 2.75) is 0 Å². The maximum Gasteiger partial charge on any atom is 0.213 e. The maximum atomic E-state index is 5.43. The molecule has 106 valence electrons. The molecule has 0 aliphatic heterocycles. The van der Waals surface area contributed by atoms with E-state index in [1.165, 1.54) is 0 Å². The zero-order valence-electron chi connectivity index (χ0n) is 12.5. The molecule has 1 heterocycles. The van der Waals surface area contributed by atoms with Gasteiger partial charge in [-0.3, -0.25) is 0 Å². The second kappa shape index (κ2) is 5.44. The third-order valence-electron chi connectivity index (χ3n) is 3.68. The molecule has 0 bridgehead atoms. The van der Waals surface area contributed by atoms with E-state index in [4.69, 9.17) is 9.47 Å². The highest BCUT2D eigenvalue weighted by molar-refractivity contribution is 5.89. The van der Waals surface area contributed by atoms with Gasteiger partial charge in [-0.25, -0.2) is 4.57 Å². The van der Waals surface area contributed by atoms with Crippen LogP contribution in [-0.4, -0.2) is 14.2 Å². The van der Waals surface area contributed by atoms with Crippen LogP contribution >= 0.6 is 0 Å². The molecule has 21 heavy (non-hydrogen) atoms. The Labute approximate surface area is 124 Å². The van der Waals surface area contributed by atoms with Gasteiger partial charge in [0.15, 0.2) is 6.20 Å². The van der Waals surface area contributed by atoms with Gasteiger partial charge >= 0.3 is 0 Å². The highest BCUT2D eigenvalue weighted by atomic mass is 16.5. The molecule has 3 rings (SSSR count). The van der Waals surface area contributed by atoms with Crippen molar-refractivity contribution in [3.63, 3.8) is 0 Å². The molecule has 0 atom stereocenters. The summed E-state index contributed by atoms with van der Waals surface area (Å²) in [5, 5.41) is 2.26. The van der Waals surface area contributed by atoms with Gasteiger partial charge in [-0.15, -0.1) is 0 Å². The van der Waals surface area contributed by atoms with Crippen molar-refractivity contribution in [1.29, 1.82) is 0 Å². The summed E-state index contributed by atoms with van der Waals surface area (Å²) in [5.74, 6) is 1.75. The summed E-state index contributed by atoms with van der Waals surface area (Å²) >= 11 is 0. The molecule has 0 radical (unpaired) electrons. The zero-order valence-corrected chi connectivity index (χ0v) is 12.5. The molecule has 0 amide bonds. The van der Waals surface area contributed by atoms with Gasteiger partial charge in [-0.1, -0.05) is 18.2 Å². The first-order chi connectivity index (χ1) is 10.2. The third kappa shape index (κ3) is 2.42. The molecule has 1 aromatic heterocycles. The minimum atomic E-state index is 0.859. The number of benzene rings is 2. The topological polar surface area (TPSA) is 22.3 Å². The first-order valence-corrected chi connectivity index (χ1v) is 6.84. The lowest BCUT2D eigenvalue weighted by Gasteiger charge is -2.07. The Kier molecular flexibility index (Phi) is 3.48. The van der Waals surface area contributed by atoms with Crippen molar-refractivity contribution in [3.05, 3.63) is 54.7 Å². The van der Waals surface area contributed by atoms with Crippen molar-refractivity contribution in [3.8, 4) is 22.8 Å². The Morgan fingerprint density at radius 2 is 1.71 bits per heavy atom. The maximum absolute atomic E-state index is 5.43. The summed E-state index contributed by atoms with van der Waals surface area (Å²) < 4.78 is 12.9. The number of pyridine rings is 1. The molecular weight excluding hydrogens is 262 g/mol. The van der Waals surface area contributed by atoms with Crippen molar-refractivity contribution in [1.82, 2.24) is 0 Å². The summed E-state index contributed by atoms with van der Waals surface area (Å²) in [7, 11) is 5.43. The molecule has 0 fully saturated rings. The van der Waals surface area contributed by atoms with Crippen LogP contribution in [0.2, 0.25) is 0 Å². The van der Waals surface area contributed by atoms with Crippen LogP contribution in [0.15, 0.2) is 54.7 Å². The first-order valence-electron chi connectivity index (χ1n) is 6.84. The van der Waals surface area contributed by atoms with E-state index < -0.39 is 0 Å². The number of fused-ring (bicyclic) bond motifs is 1. The highest BCUT2D eigenvalue weighted by Gasteiger charge is 2.14. The first kappa shape index (κ1) is 13.4. The number of nitrogens with zero attached hydrogens (tertiary/aromatic N) is 1. The molecule has 3 nitrogen and oxygen atoms in total. The molecule has 3 heteroatoms. The number of aromatic nitrogens is 1. The van der Waals surface area contributed by atoms with Crippen LogP contribution in [0, 0.1) is 0 Å². The van der Waals surface area contributed by atoms with Crippen LogP contribution in [0.5, 0.6) is 11.5 Å². The Balaban J connectivity index is 2.21. The van der Waals surface area contributed by atoms with Gasteiger partial charge in [0.1, 0.15) is 18.5 Å². The summed E-state index contributed by atoms with van der Waals surface area (Å²) in [5.41, 5.74) is 2.26. The Hall–Kier alpha value is -2.55. The molecule has 3 aromatic rings. The van der Waals surface area contributed by atoms with Gasteiger partial charge in [0.25, 0.3) is 0 Å². The van der Waals surface area contributed by atoms with Crippen molar-refractivity contribution in [2.75, 3.05) is 14.2 Å². The number of methoxy groups -OCH3 is 2. The lowest BCUT2D eigenvalue weighted by molar-refractivity contribution is -0.659. The lowest BCUT2D eigenvalue weighted by atomic mass is 10.1. The van der Waals surface area contributed by atoms with E-state index in [0.717, 1.165) is 33.5 Å². The van der Waals surface area contributed by atoms with Gasteiger partial charge in [0, 0.05) is 11.6 Å². The minimum absolute atomic E-state index is 0.859. The van der Waals surface area contributed by atoms with Crippen molar-refractivity contribution < 1.29 is 14.0 Å². The Bertz CT molecular complexity index is 796. The van der Waals surface area contributed by atoms with Gasteiger partial charge in [-0.2, -0.15) is 0 Å². The van der Waals surface area contributed by atoms with Crippen LogP contribution in [-0.2, 0) is 7.05 Å². The summed E-state index contributed by atoms with van der Waals surface area (Å²) in [6.07, 6.45) is 2.10. The van der Waals surface area contributed by atoms with Crippen LogP contribution in [0.1, 0.15) is 0 Å². The quantitative estimate of drug-likeness (QED) is 0.686. The van der Waals surface area contributed by atoms with Crippen LogP contribution in [0.25, 0.3) is 22.0 Å². The molecule has 0 saturated heterocycles. The summed E-state index contributed by atoms with van der Waals surface area (Å²) in [6.45, 7) is 0. The van der Waals surface area contributed by atoms with E-state index in [1.54, 1.807) is 14.2 Å². The fourth-order valence-corrected chi connectivity index (χ4v) is 2.58. The van der Waals surface area contributed by atoms with Gasteiger partial charge < -0.3 is 9.47 Å². The standard InChI is InChI=1S/C18H18NO2/c1-19-12-16-13(6-5-9-18(16)21-3)11-17(19)14-7-4-8-15(10-14)20-2/h4-12H,1-3H3/q+1. The second-order valence-corrected chi connectivity index (χ2v) is 4.96. The SMILES string of the molecule is COc1cccc(-c2cc3cccc(OC)c3c[n+]2C)c1. The Morgan fingerprint density at radius 3 is 2.48 bits per heavy atom. The Morgan fingerprint density at radius 1 is 0.905 bits per heavy atom. The molecule has 0 N–H and O–H groups in total. The van der Waals surface area contributed by atoms with E-state index in [2.05, 4.69) is 29.0 Å². The molecular formula is C18H18NO2+. The predicted octanol–water partition coefficient (Wildman–Crippen LogP) is 3.35. The highest BCUT2D eigenvalue weighted by Crippen LogP contribution is 2.28. The van der Waals surface area contributed by atoms with Crippen molar-refractivity contribution >= 4 is 10.8 Å². The van der Waals surface area contributed by atoms with E-state index in [0.29, 0.717) is 0 Å². The smallest absolute Gasteiger partial charge is 0.213 e. The number of hydrogen-bond acceptors (Lipinski definition) is 2. The van der Waals surface area contributed by atoms with Crippen LogP contribution in [0.3, 0.4) is 0 Å². The molecule has 0 aliphatic rings. The number of hydrogen-bond donors (Lipinski definition) is 0. The number of ether oxygens (including phenoxy) is 2. The average Bonchev–Trinajstić information content (AvgIpc) is 2.53. The number of rotatable bonds is 3. The normalized spacial score (nSPS) is 10.6. The minimum Gasteiger partial charge on any atom is -0.497 e. The van der Waals surface area contributed by atoms with E-state index >= 15 is 0 Å². The monoisotopic (exact) mass is 280 g/mol. The summed E-state index contributed by atoms with van der Waals surface area (Å²) in [4.78, 5) is 0. The van der Waals surface area contributed by atoms with Gasteiger partial charge in [0.05, 0.1) is 19.6 Å². The zero-order chi connectivity index (χ0) is 14.8. The van der Waals surface area contributed by atoms with Crippen LogP contribution in [0.4, 0.5) is 0 Å². The van der Waals surface area contributed by atoms with Crippen LogP contribution < -0.4 is 14.0 Å². The largest absolute Gasteiger partial charge is 0.497 e. The van der Waals surface area contributed by atoms with E-state index in [-0.39, 0.29) is 0 Å². The van der Waals surface area contributed by atoms with Gasteiger partial charge in [0.2, 0.25) is 5.69 Å². The van der Waals surface area contributed by atoms with E-state index in [1.807, 2.05) is 37.4 Å². The van der Waals surface area contributed by atoms with Crippen molar-refractivity contribution in [2.24, 2.45) is 7.05 Å². The average molecular weight is 280 g/mol. The molecule has 0 unspecified atom stereocenters. The predicted molar refractivity (Wildman–Crippen MR) is 83.7 cm³/mol. The fraction of sp³-hybridized carbons (Fsp3) is 0.167. The number of aryl methyl sites for hydroxylation is 1. The molecule has 0 saturated carbocycles. The molecule has 0 spiro atoms. The van der Waals surface area contributed by atoms with E-state index in [9.17, 15) is 0 Å². The fourth-order valence-electron chi connectivity index (χ4n) is 2.58. The molecule has 2 aromatic carbocycles. The molecule has 0 aliphatic carbocycles. The second-order valence-electron chi connectivity index (χ2n) is 4.96. The lowest BCUT2D eigenvalue weighted by Crippen LogP contribution is -2.30.